The SMILES string of the molecule is O=C(CSc1nnnn1-c1ccc(OC(F)(F)F)cc1)NCCc1ccc(OC(F)F)cc1. The minimum Gasteiger partial charge on any atom is -0.435 e. The normalized spacial score (nSPS) is 11.5. The number of hydrogen-bond donors (Lipinski definition) is 1. The van der Waals surface area contributed by atoms with Crippen LogP contribution in [0.2, 0.25) is 0 Å². The van der Waals surface area contributed by atoms with E-state index in [-0.39, 0.29) is 28.3 Å². The summed E-state index contributed by atoms with van der Waals surface area (Å²) in [6.07, 6.45) is -4.31. The summed E-state index contributed by atoms with van der Waals surface area (Å²) < 4.78 is 70.5. The van der Waals surface area contributed by atoms with Gasteiger partial charge in [-0.15, -0.1) is 18.3 Å². The number of ether oxygens (including phenoxy) is 2. The molecule has 0 aliphatic carbocycles. The maximum absolute atomic E-state index is 12.3. The molecule has 0 radical (unpaired) electrons. The van der Waals surface area contributed by atoms with E-state index in [9.17, 15) is 26.7 Å². The van der Waals surface area contributed by atoms with E-state index in [2.05, 4.69) is 30.3 Å². The molecule has 1 N–H and O–H groups in total. The molecule has 176 valence electrons. The molecule has 0 aliphatic rings. The highest BCUT2D eigenvalue weighted by molar-refractivity contribution is 7.99. The molecule has 1 aromatic heterocycles. The maximum atomic E-state index is 12.3. The third kappa shape index (κ3) is 7.89. The number of halogens is 5. The van der Waals surface area contributed by atoms with E-state index in [0.29, 0.717) is 18.7 Å². The second kappa shape index (κ2) is 10.9. The molecule has 0 saturated carbocycles. The van der Waals surface area contributed by atoms with Crippen molar-refractivity contribution in [2.24, 2.45) is 0 Å². The Kier molecular flexibility index (Phi) is 8.03. The lowest BCUT2D eigenvalue weighted by atomic mass is 10.1. The summed E-state index contributed by atoms with van der Waals surface area (Å²) in [5.41, 5.74) is 1.21. The van der Waals surface area contributed by atoms with Crippen LogP contribution in [0.25, 0.3) is 5.69 Å². The Hall–Kier alpha value is -3.42. The molecule has 3 rings (SSSR count). The lowest BCUT2D eigenvalue weighted by Gasteiger charge is -2.09. The molecule has 3 aromatic rings. The Morgan fingerprint density at radius 2 is 1.73 bits per heavy atom. The number of tetrazole rings is 1. The zero-order valence-corrected chi connectivity index (χ0v) is 17.4. The van der Waals surface area contributed by atoms with Crippen molar-refractivity contribution in [3.63, 3.8) is 0 Å². The van der Waals surface area contributed by atoms with Gasteiger partial charge >= 0.3 is 13.0 Å². The molecular formula is C19H16F5N5O3S. The van der Waals surface area contributed by atoms with E-state index < -0.39 is 13.0 Å². The largest absolute Gasteiger partial charge is 0.573 e. The molecule has 33 heavy (non-hydrogen) atoms. The van der Waals surface area contributed by atoms with Crippen molar-refractivity contribution < 1.29 is 36.2 Å². The van der Waals surface area contributed by atoms with E-state index in [1.54, 1.807) is 12.1 Å². The average molecular weight is 489 g/mol. The zero-order valence-electron chi connectivity index (χ0n) is 16.6. The number of rotatable bonds is 10. The van der Waals surface area contributed by atoms with E-state index in [4.69, 9.17) is 0 Å². The number of carbonyl (C=O) groups excluding carboxylic acids is 1. The highest BCUT2D eigenvalue weighted by Crippen LogP contribution is 2.25. The van der Waals surface area contributed by atoms with Gasteiger partial charge < -0.3 is 14.8 Å². The first-order valence-corrected chi connectivity index (χ1v) is 10.3. The third-order valence-corrected chi connectivity index (χ3v) is 4.89. The highest BCUT2D eigenvalue weighted by atomic mass is 32.2. The van der Waals surface area contributed by atoms with Crippen molar-refractivity contribution in [3.05, 3.63) is 54.1 Å². The van der Waals surface area contributed by atoms with Crippen molar-refractivity contribution >= 4 is 17.7 Å². The van der Waals surface area contributed by atoms with E-state index in [1.165, 1.54) is 28.9 Å². The molecule has 0 spiro atoms. The van der Waals surface area contributed by atoms with Crippen LogP contribution in [0, 0.1) is 0 Å². The van der Waals surface area contributed by atoms with Crippen molar-refractivity contribution in [2.45, 2.75) is 24.6 Å². The van der Waals surface area contributed by atoms with Crippen LogP contribution in [0.5, 0.6) is 11.5 Å². The van der Waals surface area contributed by atoms with Gasteiger partial charge in [0.15, 0.2) is 0 Å². The van der Waals surface area contributed by atoms with Crippen LogP contribution in [-0.4, -0.2) is 51.4 Å². The van der Waals surface area contributed by atoms with Crippen molar-refractivity contribution in [1.29, 1.82) is 0 Å². The summed E-state index contributed by atoms with van der Waals surface area (Å²) in [6, 6.07) is 11.0. The van der Waals surface area contributed by atoms with Crippen LogP contribution in [0.3, 0.4) is 0 Å². The summed E-state index contributed by atoms with van der Waals surface area (Å²) in [7, 11) is 0. The van der Waals surface area contributed by atoms with Gasteiger partial charge in [0.2, 0.25) is 11.1 Å². The molecule has 14 heteroatoms. The lowest BCUT2D eigenvalue weighted by molar-refractivity contribution is -0.274. The van der Waals surface area contributed by atoms with Gasteiger partial charge in [-0.05, 0) is 58.8 Å². The minimum atomic E-state index is -4.79. The molecule has 1 heterocycles. The molecule has 0 bridgehead atoms. The van der Waals surface area contributed by atoms with Crippen LogP contribution in [0.1, 0.15) is 5.56 Å². The van der Waals surface area contributed by atoms with Crippen molar-refractivity contribution in [2.75, 3.05) is 12.3 Å². The Morgan fingerprint density at radius 1 is 1.06 bits per heavy atom. The van der Waals surface area contributed by atoms with Crippen molar-refractivity contribution in [3.8, 4) is 17.2 Å². The summed E-state index contributed by atoms with van der Waals surface area (Å²) in [4.78, 5) is 12.1. The van der Waals surface area contributed by atoms with Crippen LogP contribution in [0.4, 0.5) is 22.0 Å². The smallest absolute Gasteiger partial charge is 0.435 e. The van der Waals surface area contributed by atoms with Crippen LogP contribution in [-0.2, 0) is 11.2 Å². The number of hydrogen-bond acceptors (Lipinski definition) is 7. The molecule has 2 aromatic carbocycles. The number of benzene rings is 2. The number of nitrogens with zero attached hydrogens (tertiary/aromatic N) is 4. The molecule has 1 amide bonds. The Morgan fingerprint density at radius 3 is 2.36 bits per heavy atom. The first-order valence-electron chi connectivity index (χ1n) is 9.27. The predicted molar refractivity (Wildman–Crippen MR) is 106 cm³/mol. The second-order valence-electron chi connectivity index (χ2n) is 6.33. The van der Waals surface area contributed by atoms with Gasteiger partial charge in [-0.3, -0.25) is 4.79 Å². The van der Waals surface area contributed by atoms with Gasteiger partial charge in [-0.1, -0.05) is 23.9 Å². The molecule has 0 unspecified atom stereocenters. The minimum absolute atomic E-state index is 0.00317. The lowest BCUT2D eigenvalue weighted by Crippen LogP contribution is -2.27. The quantitative estimate of drug-likeness (QED) is 0.344. The molecule has 0 atom stereocenters. The fourth-order valence-electron chi connectivity index (χ4n) is 2.58. The van der Waals surface area contributed by atoms with E-state index in [1.807, 2.05) is 0 Å². The van der Waals surface area contributed by atoms with Gasteiger partial charge in [0.25, 0.3) is 0 Å². The van der Waals surface area contributed by atoms with E-state index >= 15 is 0 Å². The summed E-state index contributed by atoms with van der Waals surface area (Å²) in [5.74, 6) is -0.628. The molecule has 8 nitrogen and oxygen atoms in total. The summed E-state index contributed by atoms with van der Waals surface area (Å²) >= 11 is 1.04. The number of carbonyl (C=O) groups is 1. The zero-order chi connectivity index (χ0) is 23.8. The molecule has 0 aliphatic heterocycles. The topological polar surface area (TPSA) is 91.2 Å². The standard InChI is InChI=1S/C19H16F5N5O3S/c20-17(21)31-14-5-1-12(2-6-14)9-10-25-16(30)11-33-18-26-27-28-29(18)13-3-7-15(8-4-13)32-19(22,23)24/h1-8,17H,9-11H2,(H,25,30). The molecule has 0 fully saturated rings. The van der Waals surface area contributed by atoms with Crippen molar-refractivity contribution in [1.82, 2.24) is 25.5 Å². The monoisotopic (exact) mass is 489 g/mol. The predicted octanol–water partition coefficient (Wildman–Crippen LogP) is 3.61. The first kappa shape index (κ1) is 24.2. The second-order valence-corrected chi connectivity index (χ2v) is 7.27. The van der Waals surface area contributed by atoms with Crippen LogP contribution in [0.15, 0.2) is 53.7 Å². The molecular weight excluding hydrogens is 473 g/mol. The summed E-state index contributed by atoms with van der Waals surface area (Å²) in [5, 5.41) is 14.1. The van der Waals surface area contributed by atoms with Gasteiger partial charge in [0.1, 0.15) is 11.5 Å². The number of nitrogens with one attached hydrogen (secondary N) is 1. The van der Waals surface area contributed by atoms with E-state index in [0.717, 1.165) is 29.5 Å². The average Bonchev–Trinajstić information content (AvgIpc) is 3.21. The Balaban J connectivity index is 1.46. The molecule has 0 saturated heterocycles. The van der Waals surface area contributed by atoms with Gasteiger partial charge in [0.05, 0.1) is 11.4 Å². The highest BCUT2D eigenvalue weighted by Gasteiger charge is 2.31. The fourth-order valence-corrected chi connectivity index (χ4v) is 3.31. The maximum Gasteiger partial charge on any atom is 0.573 e. The number of amides is 1. The number of thioether (sulfide) groups is 1. The number of alkyl halides is 5. The third-order valence-electron chi connectivity index (χ3n) is 3.97. The van der Waals surface area contributed by atoms with Crippen LogP contribution >= 0.6 is 11.8 Å². The Labute approximate surface area is 188 Å². The van der Waals surface area contributed by atoms with Gasteiger partial charge in [-0.2, -0.15) is 13.5 Å². The number of aromatic nitrogens is 4. The summed E-state index contributed by atoms with van der Waals surface area (Å²) in [6.45, 7) is -2.57. The first-order chi connectivity index (χ1) is 15.7. The van der Waals surface area contributed by atoms with Gasteiger partial charge in [0, 0.05) is 6.54 Å². The fraction of sp³-hybridized carbons (Fsp3) is 0.263. The van der Waals surface area contributed by atoms with Crippen LogP contribution < -0.4 is 14.8 Å². The van der Waals surface area contributed by atoms with Gasteiger partial charge in [-0.25, -0.2) is 0 Å². The Bertz CT molecular complexity index is 1050.